The van der Waals surface area contributed by atoms with Gasteiger partial charge in [-0.05, 0) is 102 Å². The SMILES string of the molecule is CNc1nc(Cl)nc2c1c(-c1ccncc1)cn2S(=O)(=O)c1ccc(C)cc1.CNc1nc(Nc2ccc3cn[nH]c3c2)nc2[nH]cc(-c3ccncc3)c12.C[Si](C)(C)Cl.Nc1ccc2cn[nH]c2c1. The van der Waals surface area contributed by atoms with E-state index in [-0.39, 0.29) is 15.8 Å². The monoisotopic (exact) mass is 1010 g/mol. The summed E-state index contributed by atoms with van der Waals surface area (Å²) in [7, 11) is -1.48. The zero-order chi connectivity index (χ0) is 49.6. The summed E-state index contributed by atoms with van der Waals surface area (Å²) in [6.45, 7) is 8.17. The second-order valence-electron chi connectivity index (χ2n) is 16.6. The van der Waals surface area contributed by atoms with Crippen molar-refractivity contribution in [2.75, 3.05) is 35.8 Å². The number of fused-ring (bicyclic) bond motifs is 4. The van der Waals surface area contributed by atoms with Crippen molar-refractivity contribution in [1.82, 2.24) is 59.3 Å². The first-order chi connectivity index (χ1) is 33.6. The molecule has 0 fully saturated rings. The number of nitrogens with zero attached hydrogens (tertiary/aromatic N) is 9. The van der Waals surface area contributed by atoms with E-state index in [2.05, 4.69) is 90.9 Å². The minimum absolute atomic E-state index is 0.0448. The number of nitrogens with one attached hydrogen (secondary N) is 6. The van der Waals surface area contributed by atoms with Crippen LogP contribution in [0.4, 0.5) is 29.0 Å². The van der Waals surface area contributed by atoms with Crippen LogP contribution >= 0.6 is 22.7 Å². The van der Waals surface area contributed by atoms with Crippen LogP contribution in [0.3, 0.4) is 0 Å². The molecule has 22 heteroatoms. The average Bonchev–Trinajstić information content (AvgIpc) is 4.18. The standard InChI is InChI=1S/C19H16ClN5O2S.C19H16N8.C7H7N3.C3H9ClSi/c1-12-3-5-14(6-4-12)28(26,27)25-11-15(13-7-9-22-10-8-13)16-17(21-2)23-19(20)24-18(16)25;1-20-17-16-14(11-4-6-21-7-5-11)10-22-18(16)26-19(25-17)24-13-3-2-12-9-23-27-15(12)8-13;8-6-2-1-5-4-9-10-7(5)3-6;1-5(2,3)4/h3-11H,1-2H3,(H,21,23,24);2-10H,1H3,(H,23,27)(H3,20,22,24,25,26);1-4H,8H2,(H,9,10);1-3H3. The van der Waals surface area contributed by atoms with Crippen molar-refractivity contribution in [3.63, 3.8) is 0 Å². The zero-order valence-electron chi connectivity index (χ0n) is 38.8. The molecule has 356 valence electrons. The highest BCUT2D eigenvalue weighted by Crippen LogP contribution is 2.37. The summed E-state index contributed by atoms with van der Waals surface area (Å²) >= 11 is 11.7. The van der Waals surface area contributed by atoms with Crippen LogP contribution in [0.2, 0.25) is 24.9 Å². The van der Waals surface area contributed by atoms with Crippen molar-refractivity contribution >= 4 is 113 Å². The Morgan fingerprint density at radius 3 is 1.89 bits per heavy atom. The molecule has 0 spiro atoms. The molecule has 8 N–H and O–H groups in total. The minimum atomic E-state index is -3.89. The predicted molar refractivity (Wildman–Crippen MR) is 285 cm³/mol. The summed E-state index contributed by atoms with van der Waals surface area (Å²) < 4.78 is 27.8. The number of halogens is 2. The van der Waals surface area contributed by atoms with Gasteiger partial charge in [-0.25, -0.2) is 17.4 Å². The van der Waals surface area contributed by atoms with E-state index in [1.807, 2.05) is 68.7 Å². The molecule has 0 radical (unpaired) electrons. The van der Waals surface area contributed by atoms with Gasteiger partial charge in [0.1, 0.15) is 24.7 Å². The highest BCUT2D eigenvalue weighted by Gasteiger charge is 2.26. The summed E-state index contributed by atoms with van der Waals surface area (Å²) in [6, 6.07) is 25.8. The second-order valence-corrected chi connectivity index (χ2v) is 26.3. The highest BCUT2D eigenvalue weighted by molar-refractivity contribution is 7.90. The molecule has 0 saturated heterocycles. The lowest BCUT2D eigenvalue weighted by Crippen LogP contribution is -2.13. The van der Waals surface area contributed by atoms with Crippen LogP contribution in [0.25, 0.3) is 66.1 Å². The fraction of sp³-hybridized carbons (Fsp3) is 0.125. The third-order valence-corrected chi connectivity index (χ3v) is 12.1. The summed E-state index contributed by atoms with van der Waals surface area (Å²) in [5.74, 6) is 1.70. The Bertz CT molecular complexity index is 3670. The highest BCUT2D eigenvalue weighted by atomic mass is 35.6. The van der Waals surface area contributed by atoms with Gasteiger partial charge in [0.2, 0.25) is 11.2 Å². The normalized spacial score (nSPS) is 11.3. The molecule has 70 heavy (non-hydrogen) atoms. The van der Waals surface area contributed by atoms with Crippen molar-refractivity contribution < 1.29 is 8.42 Å². The number of H-pyrrole nitrogens is 3. The van der Waals surface area contributed by atoms with E-state index in [9.17, 15) is 8.42 Å². The van der Waals surface area contributed by atoms with Crippen LogP contribution in [-0.4, -0.2) is 89.2 Å². The summed E-state index contributed by atoms with van der Waals surface area (Å²) in [5, 5.41) is 26.7. The minimum Gasteiger partial charge on any atom is -0.399 e. The molecule has 11 rings (SSSR count). The number of rotatable bonds is 8. The van der Waals surface area contributed by atoms with E-state index in [0.717, 1.165) is 76.3 Å². The molecule has 0 saturated carbocycles. The number of nitrogen functional groups attached to an aromatic ring is 1. The molecule has 0 amide bonds. The Balaban J connectivity index is 0.000000146. The summed E-state index contributed by atoms with van der Waals surface area (Å²) in [5.41, 5.74) is 14.6. The Morgan fingerprint density at radius 2 is 1.27 bits per heavy atom. The quantitative estimate of drug-likeness (QED) is 0.0324. The lowest BCUT2D eigenvalue weighted by molar-refractivity contribution is 0.588. The summed E-state index contributed by atoms with van der Waals surface area (Å²) in [4.78, 5) is 29.2. The van der Waals surface area contributed by atoms with Gasteiger partial charge in [0.25, 0.3) is 10.0 Å². The third-order valence-electron chi connectivity index (χ3n) is 10.3. The Hall–Kier alpha value is -7.91. The molecule has 0 atom stereocenters. The number of aryl methyl sites for hydroxylation is 1. The molecular formula is C48H48Cl2N16O2SSi. The lowest BCUT2D eigenvalue weighted by Gasteiger charge is -2.09. The van der Waals surface area contributed by atoms with Gasteiger partial charge in [0.15, 0.2) is 5.65 Å². The number of benzene rings is 3. The Morgan fingerprint density at radius 1 is 0.700 bits per heavy atom. The van der Waals surface area contributed by atoms with Gasteiger partial charge in [-0.3, -0.25) is 20.2 Å². The molecular weight excluding hydrogens is 964 g/mol. The fourth-order valence-electron chi connectivity index (χ4n) is 7.14. The number of hydrogen-bond acceptors (Lipinski definition) is 14. The van der Waals surface area contributed by atoms with Gasteiger partial charge in [-0.1, -0.05) is 37.3 Å². The molecule has 0 unspecified atom stereocenters. The number of pyridine rings is 2. The van der Waals surface area contributed by atoms with E-state index in [1.54, 1.807) is 86.8 Å². The van der Waals surface area contributed by atoms with Crippen LogP contribution in [0.5, 0.6) is 0 Å². The molecule has 18 nitrogen and oxygen atoms in total. The van der Waals surface area contributed by atoms with Gasteiger partial charge in [0.05, 0.1) is 39.1 Å². The number of aromatic amines is 3. The molecule has 11 aromatic rings. The maximum Gasteiger partial charge on any atom is 0.269 e. The van der Waals surface area contributed by atoms with E-state index in [4.69, 9.17) is 28.4 Å². The summed E-state index contributed by atoms with van der Waals surface area (Å²) in [6.07, 6.45) is 13.9. The molecule has 0 aliphatic carbocycles. The number of hydrogen-bond donors (Lipinski definition) is 7. The zero-order valence-corrected chi connectivity index (χ0v) is 42.1. The fourth-order valence-corrected chi connectivity index (χ4v) is 8.61. The van der Waals surface area contributed by atoms with Crippen LogP contribution in [0, 0.1) is 6.92 Å². The van der Waals surface area contributed by atoms with E-state index < -0.39 is 17.4 Å². The van der Waals surface area contributed by atoms with Crippen molar-refractivity contribution in [3.8, 4) is 22.3 Å². The predicted octanol–water partition coefficient (Wildman–Crippen LogP) is 10.6. The van der Waals surface area contributed by atoms with E-state index in [0.29, 0.717) is 22.7 Å². The van der Waals surface area contributed by atoms with Gasteiger partial charge in [-0.2, -0.15) is 36.2 Å². The smallest absolute Gasteiger partial charge is 0.269 e. The van der Waals surface area contributed by atoms with Gasteiger partial charge in [0, 0.05) is 84.6 Å². The maximum absolute atomic E-state index is 13.3. The second kappa shape index (κ2) is 20.8. The molecule has 8 aromatic heterocycles. The largest absolute Gasteiger partial charge is 0.399 e. The van der Waals surface area contributed by atoms with Crippen LogP contribution in [-0.2, 0) is 10.0 Å². The third kappa shape index (κ3) is 11.2. The van der Waals surface area contributed by atoms with Gasteiger partial charge in [-0.15, -0.1) is 0 Å². The van der Waals surface area contributed by atoms with Crippen LogP contribution in [0.1, 0.15) is 5.56 Å². The first kappa shape index (κ1) is 48.5. The Kier molecular flexibility index (Phi) is 14.4. The first-order valence-electron chi connectivity index (χ1n) is 21.6. The molecule has 8 heterocycles. The van der Waals surface area contributed by atoms with Crippen molar-refractivity contribution in [3.05, 3.63) is 145 Å². The number of nitrogens with two attached hydrogens (primary N) is 1. The molecule has 3 aromatic carbocycles. The maximum atomic E-state index is 13.3. The van der Waals surface area contributed by atoms with Crippen LogP contribution < -0.4 is 21.7 Å². The van der Waals surface area contributed by atoms with E-state index >= 15 is 0 Å². The van der Waals surface area contributed by atoms with Gasteiger partial charge >= 0.3 is 0 Å². The van der Waals surface area contributed by atoms with Gasteiger partial charge < -0.3 is 26.7 Å². The van der Waals surface area contributed by atoms with Crippen molar-refractivity contribution in [2.45, 2.75) is 31.5 Å². The Labute approximate surface area is 413 Å². The van der Waals surface area contributed by atoms with E-state index in [1.165, 1.54) is 0 Å². The number of anilines is 5. The van der Waals surface area contributed by atoms with Crippen molar-refractivity contribution in [2.24, 2.45) is 0 Å². The molecule has 0 aliphatic heterocycles. The lowest BCUT2D eigenvalue weighted by atomic mass is 10.1. The topological polar surface area (TPSA) is 252 Å². The van der Waals surface area contributed by atoms with Crippen molar-refractivity contribution in [1.29, 1.82) is 0 Å². The molecule has 0 bridgehead atoms. The average molecular weight is 1010 g/mol. The van der Waals surface area contributed by atoms with Crippen LogP contribution in [0.15, 0.2) is 139 Å². The first-order valence-corrected chi connectivity index (χ1v) is 28.0. The number of aromatic nitrogens is 12. The molecule has 0 aliphatic rings.